The SMILES string of the molecule is CCc1ccc(-c2cc(F)c(C3CCCCC3)c(F)c2C2CCCCC2)cc1. The highest BCUT2D eigenvalue weighted by Crippen LogP contribution is 2.44. The number of hydrogen-bond donors (Lipinski definition) is 0. The molecule has 2 aliphatic carbocycles. The van der Waals surface area contributed by atoms with Gasteiger partial charge in [-0.15, -0.1) is 0 Å². The summed E-state index contributed by atoms with van der Waals surface area (Å²) in [5.41, 5.74) is 4.16. The monoisotopic (exact) mass is 382 g/mol. The molecule has 0 aromatic heterocycles. The average molecular weight is 383 g/mol. The number of aryl methyl sites for hydroxylation is 1. The van der Waals surface area contributed by atoms with E-state index in [9.17, 15) is 0 Å². The van der Waals surface area contributed by atoms with E-state index in [1.807, 2.05) is 12.1 Å². The summed E-state index contributed by atoms with van der Waals surface area (Å²) in [7, 11) is 0. The summed E-state index contributed by atoms with van der Waals surface area (Å²) in [5, 5.41) is 0. The lowest BCUT2D eigenvalue weighted by atomic mass is 9.76. The summed E-state index contributed by atoms with van der Waals surface area (Å²) in [6.45, 7) is 2.13. The van der Waals surface area contributed by atoms with Gasteiger partial charge in [-0.1, -0.05) is 69.7 Å². The summed E-state index contributed by atoms with van der Waals surface area (Å²) in [5.74, 6) is -0.294. The van der Waals surface area contributed by atoms with Crippen molar-refractivity contribution >= 4 is 0 Å². The minimum atomic E-state index is -0.335. The quantitative estimate of drug-likeness (QED) is 0.499. The second-order valence-electron chi connectivity index (χ2n) is 8.77. The second kappa shape index (κ2) is 8.76. The fourth-order valence-corrected chi connectivity index (χ4v) is 5.37. The molecule has 0 heterocycles. The van der Waals surface area contributed by atoms with Gasteiger partial charge in [0.25, 0.3) is 0 Å². The lowest BCUT2D eigenvalue weighted by Crippen LogP contribution is -2.15. The average Bonchev–Trinajstić information content (AvgIpc) is 2.75. The Balaban J connectivity index is 1.83. The molecule has 0 bridgehead atoms. The molecule has 0 unspecified atom stereocenters. The van der Waals surface area contributed by atoms with E-state index in [1.165, 1.54) is 18.4 Å². The van der Waals surface area contributed by atoms with Crippen LogP contribution in [0.2, 0.25) is 0 Å². The van der Waals surface area contributed by atoms with E-state index in [0.29, 0.717) is 5.56 Å². The van der Waals surface area contributed by atoms with Gasteiger partial charge < -0.3 is 0 Å². The van der Waals surface area contributed by atoms with Crippen molar-refractivity contribution in [2.45, 2.75) is 89.4 Å². The first-order valence-corrected chi connectivity index (χ1v) is 11.3. The molecule has 0 saturated heterocycles. The van der Waals surface area contributed by atoms with E-state index in [-0.39, 0.29) is 23.5 Å². The molecule has 0 aliphatic heterocycles. The van der Waals surface area contributed by atoms with Crippen molar-refractivity contribution in [1.82, 2.24) is 0 Å². The zero-order valence-electron chi connectivity index (χ0n) is 17.1. The van der Waals surface area contributed by atoms with Gasteiger partial charge >= 0.3 is 0 Å². The first kappa shape index (κ1) is 19.6. The smallest absolute Gasteiger partial charge is 0.133 e. The Labute approximate surface area is 168 Å². The molecule has 2 saturated carbocycles. The third-order valence-electron chi connectivity index (χ3n) is 6.99. The molecule has 0 radical (unpaired) electrons. The third kappa shape index (κ3) is 3.88. The predicted molar refractivity (Wildman–Crippen MR) is 113 cm³/mol. The van der Waals surface area contributed by atoms with Crippen LogP contribution in [0.1, 0.15) is 99.7 Å². The van der Waals surface area contributed by atoms with E-state index in [0.717, 1.165) is 74.5 Å². The normalized spacial score (nSPS) is 19.1. The largest absolute Gasteiger partial charge is 0.207 e. The van der Waals surface area contributed by atoms with Crippen LogP contribution in [0, 0.1) is 11.6 Å². The van der Waals surface area contributed by atoms with Gasteiger partial charge in [0, 0.05) is 5.56 Å². The molecule has 0 atom stereocenters. The van der Waals surface area contributed by atoms with E-state index in [4.69, 9.17) is 0 Å². The highest BCUT2D eigenvalue weighted by atomic mass is 19.1. The topological polar surface area (TPSA) is 0 Å². The molecule has 150 valence electrons. The number of hydrogen-bond acceptors (Lipinski definition) is 0. The highest BCUT2D eigenvalue weighted by Gasteiger charge is 2.30. The molecule has 2 heteroatoms. The Hall–Kier alpha value is -1.70. The summed E-state index contributed by atoms with van der Waals surface area (Å²) in [6, 6.07) is 9.91. The number of rotatable bonds is 4. The van der Waals surface area contributed by atoms with Gasteiger partial charge in [-0.3, -0.25) is 0 Å². The van der Waals surface area contributed by atoms with E-state index < -0.39 is 0 Å². The molecule has 2 aliphatic rings. The van der Waals surface area contributed by atoms with Crippen molar-refractivity contribution < 1.29 is 8.78 Å². The van der Waals surface area contributed by atoms with Crippen LogP contribution in [0.15, 0.2) is 30.3 Å². The Morgan fingerprint density at radius 1 is 0.750 bits per heavy atom. The van der Waals surface area contributed by atoms with Crippen LogP contribution in [-0.4, -0.2) is 0 Å². The lowest BCUT2D eigenvalue weighted by molar-refractivity contribution is 0.398. The second-order valence-corrected chi connectivity index (χ2v) is 8.77. The maximum atomic E-state index is 16.0. The van der Waals surface area contributed by atoms with Crippen LogP contribution in [0.4, 0.5) is 8.78 Å². The summed E-state index contributed by atoms with van der Waals surface area (Å²) < 4.78 is 31.2. The molecule has 2 fully saturated rings. The van der Waals surface area contributed by atoms with Crippen LogP contribution in [-0.2, 0) is 6.42 Å². The molecular formula is C26H32F2. The van der Waals surface area contributed by atoms with Crippen molar-refractivity contribution in [2.75, 3.05) is 0 Å². The van der Waals surface area contributed by atoms with Crippen LogP contribution >= 0.6 is 0 Å². The van der Waals surface area contributed by atoms with Gasteiger partial charge in [-0.25, -0.2) is 8.78 Å². The van der Waals surface area contributed by atoms with Gasteiger partial charge in [-0.05, 0) is 72.3 Å². The maximum absolute atomic E-state index is 16.0. The van der Waals surface area contributed by atoms with Crippen LogP contribution < -0.4 is 0 Å². The molecular weight excluding hydrogens is 350 g/mol. The van der Waals surface area contributed by atoms with Crippen molar-refractivity contribution in [3.8, 4) is 11.1 Å². The van der Waals surface area contributed by atoms with Gasteiger partial charge in [0.15, 0.2) is 0 Å². The zero-order chi connectivity index (χ0) is 19.5. The van der Waals surface area contributed by atoms with Crippen LogP contribution in [0.5, 0.6) is 0 Å². The summed E-state index contributed by atoms with van der Waals surface area (Å²) in [4.78, 5) is 0. The Kier molecular flexibility index (Phi) is 6.13. The molecule has 2 aromatic rings. The summed E-state index contributed by atoms with van der Waals surface area (Å²) >= 11 is 0. The maximum Gasteiger partial charge on any atom is 0.133 e. The fourth-order valence-electron chi connectivity index (χ4n) is 5.37. The minimum Gasteiger partial charge on any atom is -0.207 e. The Bertz CT molecular complexity index is 794. The van der Waals surface area contributed by atoms with Gasteiger partial charge in [0.05, 0.1) is 0 Å². The van der Waals surface area contributed by atoms with Gasteiger partial charge in [-0.2, -0.15) is 0 Å². The minimum absolute atomic E-state index is 0.0487. The molecule has 2 aromatic carbocycles. The van der Waals surface area contributed by atoms with Crippen molar-refractivity contribution in [2.24, 2.45) is 0 Å². The van der Waals surface area contributed by atoms with E-state index in [2.05, 4.69) is 19.1 Å². The van der Waals surface area contributed by atoms with Crippen molar-refractivity contribution in [3.63, 3.8) is 0 Å². The molecule has 0 spiro atoms. The number of benzene rings is 2. The highest BCUT2D eigenvalue weighted by molar-refractivity contribution is 5.70. The fraction of sp³-hybridized carbons (Fsp3) is 0.538. The van der Waals surface area contributed by atoms with Crippen LogP contribution in [0.25, 0.3) is 11.1 Å². The van der Waals surface area contributed by atoms with Crippen molar-refractivity contribution in [3.05, 3.63) is 58.7 Å². The Morgan fingerprint density at radius 2 is 1.29 bits per heavy atom. The van der Waals surface area contributed by atoms with Gasteiger partial charge in [0.2, 0.25) is 0 Å². The number of halogens is 2. The predicted octanol–water partition coefficient (Wildman–Crippen LogP) is 8.29. The molecule has 0 N–H and O–H groups in total. The summed E-state index contributed by atoms with van der Waals surface area (Å²) in [6.07, 6.45) is 11.7. The molecule has 4 rings (SSSR count). The lowest BCUT2D eigenvalue weighted by Gasteiger charge is -2.29. The standard InChI is InChI=1S/C26H32F2/c1-2-18-13-15-19(16-14-18)22-17-23(27)25(21-11-7-4-8-12-21)26(28)24(22)20-9-5-3-6-10-20/h13-17,20-21H,2-12H2,1H3. The first-order valence-electron chi connectivity index (χ1n) is 11.3. The van der Waals surface area contributed by atoms with E-state index in [1.54, 1.807) is 6.07 Å². The first-order chi connectivity index (χ1) is 13.7. The molecule has 28 heavy (non-hydrogen) atoms. The van der Waals surface area contributed by atoms with Crippen LogP contribution in [0.3, 0.4) is 0 Å². The van der Waals surface area contributed by atoms with Gasteiger partial charge in [0.1, 0.15) is 11.6 Å². The Morgan fingerprint density at radius 3 is 1.82 bits per heavy atom. The zero-order valence-corrected chi connectivity index (χ0v) is 17.1. The molecule has 0 amide bonds. The van der Waals surface area contributed by atoms with Crippen molar-refractivity contribution in [1.29, 1.82) is 0 Å². The molecule has 0 nitrogen and oxygen atoms in total. The van der Waals surface area contributed by atoms with E-state index >= 15 is 8.78 Å². The third-order valence-corrected chi connectivity index (χ3v) is 6.99.